The van der Waals surface area contributed by atoms with E-state index in [1.54, 1.807) is 12.0 Å². The Morgan fingerprint density at radius 1 is 1.15 bits per heavy atom. The second-order valence-electron chi connectivity index (χ2n) is 7.48. The van der Waals surface area contributed by atoms with Crippen LogP contribution in [0.2, 0.25) is 0 Å². The van der Waals surface area contributed by atoms with Gasteiger partial charge in [0.15, 0.2) is 0 Å². The average molecular weight is 358 g/mol. The van der Waals surface area contributed by atoms with Gasteiger partial charge in [-0.3, -0.25) is 9.59 Å². The van der Waals surface area contributed by atoms with Crippen molar-refractivity contribution in [2.45, 2.75) is 44.6 Å². The number of rotatable bonds is 5. The molecule has 0 aromatic heterocycles. The first kappa shape index (κ1) is 18.9. The van der Waals surface area contributed by atoms with Gasteiger partial charge in [0, 0.05) is 39.1 Å². The zero-order valence-corrected chi connectivity index (χ0v) is 15.7. The number of nitrogens with zero attached hydrogens (tertiary/aromatic N) is 2. The number of piperidine rings is 1. The molecule has 5 nitrogen and oxygen atoms in total. The average Bonchev–Trinajstić information content (AvgIpc) is 2.87. The van der Waals surface area contributed by atoms with Crippen molar-refractivity contribution >= 4 is 11.8 Å². The smallest absolute Gasteiger partial charge is 0.242 e. The molecule has 0 spiro atoms. The molecular weight excluding hydrogens is 328 g/mol. The van der Waals surface area contributed by atoms with E-state index in [4.69, 9.17) is 4.74 Å². The molecule has 0 N–H and O–H groups in total. The highest BCUT2D eigenvalue weighted by molar-refractivity contribution is 5.85. The van der Waals surface area contributed by atoms with Gasteiger partial charge in [-0.1, -0.05) is 36.8 Å². The lowest BCUT2D eigenvalue weighted by Crippen LogP contribution is -2.50. The molecule has 3 rings (SSSR count). The van der Waals surface area contributed by atoms with Crippen LogP contribution in [0.5, 0.6) is 0 Å². The number of methoxy groups -OCH3 is 1. The molecule has 0 unspecified atom stereocenters. The second kappa shape index (κ2) is 9.17. The van der Waals surface area contributed by atoms with E-state index in [0.29, 0.717) is 32.0 Å². The molecule has 26 heavy (non-hydrogen) atoms. The van der Waals surface area contributed by atoms with Gasteiger partial charge < -0.3 is 14.5 Å². The molecule has 1 aromatic carbocycles. The van der Waals surface area contributed by atoms with Gasteiger partial charge in [0.2, 0.25) is 11.8 Å². The van der Waals surface area contributed by atoms with Crippen molar-refractivity contribution in [2.75, 3.05) is 33.3 Å². The largest absolute Gasteiger partial charge is 0.381 e. The summed E-state index contributed by atoms with van der Waals surface area (Å²) < 4.78 is 5.69. The van der Waals surface area contributed by atoms with E-state index in [0.717, 1.165) is 32.1 Å². The van der Waals surface area contributed by atoms with Crippen LogP contribution < -0.4 is 0 Å². The van der Waals surface area contributed by atoms with E-state index >= 15 is 0 Å². The number of carbonyl (C=O) groups is 2. The molecule has 2 saturated heterocycles. The fourth-order valence-corrected chi connectivity index (χ4v) is 4.13. The molecule has 0 bridgehead atoms. The number of hydrogen-bond donors (Lipinski definition) is 0. The normalized spacial score (nSPS) is 24.4. The lowest BCUT2D eigenvalue weighted by atomic mass is 9.88. The summed E-state index contributed by atoms with van der Waals surface area (Å²) >= 11 is 0. The Hall–Kier alpha value is -1.88. The lowest BCUT2D eigenvalue weighted by molar-refractivity contribution is -0.142. The Bertz CT molecular complexity index is 605. The van der Waals surface area contributed by atoms with Crippen molar-refractivity contribution in [3.8, 4) is 0 Å². The number of hydrogen-bond acceptors (Lipinski definition) is 3. The van der Waals surface area contributed by atoms with Gasteiger partial charge in [0.05, 0.1) is 12.6 Å². The Labute approximate surface area is 156 Å². The summed E-state index contributed by atoms with van der Waals surface area (Å²) in [6, 6.07) is 10.4. The van der Waals surface area contributed by atoms with Crippen LogP contribution in [-0.2, 0) is 20.7 Å². The number of ether oxygens (including phenoxy) is 1. The van der Waals surface area contributed by atoms with Crippen LogP contribution in [0.3, 0.4) is 0 Å². The highest BCUT2D eigenvalue weighted by atomic mass is 16.5. The van der Waals surface area contributed by atoms with Crippen LogP contribution in [-0.4, -0.2) is 61.0 Å². The van der Waals surface area contributed by atoms with E-state index in [1.807, 2.05) is 23.1 Å². The minimum Gasteiger partial charge on any atom is -0.381 e. The molecule has 5 heteroatoms. The van der Waals surface area contributed by atoms with Crippen molar-refractivity contribution in [1.82, 2.24) is 9.80 Å². The van der Waals surface area contributed by atoms with Crippen molar-refractivity contribution < 1.29 is 14.3 Å². The molecule has 2 fully saturated rings. The topological polar surface area (TPSA) is 49.9 Å². The van der Waals surface area contributed by atoms with Crippen LogP contribution in [0.25, 0.3) is 0 Å². The SMILES string of the molecule is CO[C@@H]1CCN(C(=O)CN2CCCCCC2=O)C[C@H]1Cc1ccccc1. The van der Waals surface area contributed by atoms with Gasteiger partial charge in [0.1, 0.15) is 0 Å². The first-order chi connectivity index (χ1) is 12.7. The summed E-state index contributed by atoms with van der Waals surface area (Å²) in [7, 11) is 1.76. The van der Waals surface area contributed by atoms with E-state index < -0.39 is 0 Å². The maximum atomic E-state index is 12.8. The van der Waals surface area contributed by atoms with Gasteiger partial charge >= 0.3 is 0 Å². The number of benzene rings is 1. The monoisotopic (exact) mass is 358 g/mol. The maximum Gasteiger partial charge on any atom is 0.242 e. The third-order valence-corrected chi connectivity index (χ3v) is 5.66. The molecule has 2 atom stereocenters. The first-order valence-electron chi connectivity index (χ1n) is 9.79. The Morgan fingerprint density at radius 2 is 1.96 bits per heavy atom. The van der Waals surface area contributed by atoms with E-state index in [2.05, 4.69) is 12.1 Å². The van der Waals surface area contributed by atoms with Crippen LogP contribution in [0.4, 0.5) is 0 Å². The van der Waals surface area contributed by atoms with E-state index in [9.17, 15) is 9.59 Å². The van der Waals surface area contributed by atoms with Gasteiger partial charge in [-0.05, 0) is 31.2 Å². The Balaban J connectivity index is 1.60. The third kappa shape index (κ3) is 4.85. The fourth-order valence-electron chi connectivity index (χ4n) is 4.13. The summed E-state index contributed by atoms with van der Waals surface area (Å²) in [5.74, 6) is 0.497. The molecule has 0 radical (unpaired) electrons. The van der Waals surface area contributed by atoms with Crippen LogP contribution in [0, 0.1) is 5.92 Å². The minimum absolute atomic E-state index is 0.0767. The van der Waals surface area contributed by atoms with Gasteiger partial charge in [-0.15, -0.1) is 0 Å². The molecule has 2 heterocycles. The molecule has 2 aliphatic heterocycles. The van der Waals surface area contributed by atoms with E-state index in [1.165, 1.54) is 5.56 Å². The highest BCUT2D eigenvalue weighted by Gasteiger charge is 2.32. The third-order valence-electron chi connectivity index (χ3n) is 5.66. The fraction of sp³-hybridized carbons (Fsp3) is 0.619. The molecule has 2 aliphatic rings. The maximum absolute atomic E-state index is 12.8. The Kier molecular flexibility index (Phi) is 6.67. The van der Waals surface area contributed by atoms with Gasteiger partial charge in [0.25, 0.3) is 0 Å². The van der Waals surface area contributed by atoms with Crippen molar-refractivity contribution in [2.24, 2.45) is 5.92 Å². The molecule has 2 amide bonds. The zero-order chi connectivity index (χ0) is 18.4. The van der Waals surface area contributed by atoms with Crippen molar-refractivity contribution in [3.05, 3.63) is 35.9 Å². The van der Waals surface area contributed by atoms with E-state index in [-0.39, 0.29) is 24.5 Å². The summed E-state index contributed by atoms with van der Waals surface area (Å²) in [4.78, 5) is 28.7. The standard InChI is InChI=1S/C21H30N2O3/c1-26-19-11-13-23(15-18(19)14-17-8-4-2-5-9-17)21(25)16-22-12-7-3-6-10-20(22)24/h2,4-5,8-9,18-19H,3,6-7,10-16H2,1H3/t18-,19-/m1/s1. The summed E-state index contributed by atoms with van der Waals surface area (Å²) in [6.45, 7) is 2.36. The van der Waals surface area contributed by atoms with Gasteiger partial charge in [-0.2, -0.15) is 0 Å². The van der Waals surface area contributed by atoms with Crippen LogP contribution >= 0.6 is 0 Å². The number of likely N-dealkylation sites (tertiary alicyclic amines) is 2. The lowest BCUT2D eigenvalue weighted by Gasteiger charge is -2.38. The minimum atomic E-state index is 0.0767. The molecule has 0 saturated carbocycles. The molecular formula is C21H30N2O3. The highest BCUT2D eigenvalue weighted by Crippen LogP contribution is 2.24. The quantitative estimate of drug-likeness (QED) is 0.813. The van der Waals surface area contributed by atoms with Crippen LogP contribution in [0.1, 0.15) is 37.7 Å². The van der Waals surface area contributed by atoms with Gasteiger partial charge in [-0.25, -0.2) is 0 Å². The first-order valence-corrected chi connectivity index (χ1v) is 9.79. The summed E-state index contributed by atoms with van der Waals surface area (Å²) in [5, 5.41) is 0. The Morgan fingerprint density at radius 3 is 2.73 bits per heavy atom. The van der Waals surface area contributed by atoms with Crippen molar-refractivity contribution in [1.29, 1.82) is 0 Å². The predicted molar refractivity (Wildman–Crippen MR) is 101 cm³/mol. The van der Waals surface area contributed by atoms with Crippen molar-refractivity contribution in [3.63, 3.8) is 0 Å². The molecule has 1 aromatic rings. The zero-order valence-electron chi connectivity index (χ0n) is 15.7. The molecule has 0 aliphatic carbocycles. The molecule has 142 valence electrons. The second-order valence-corrected chi connectivity index (χ2v) is 7.48. The number of carbonyl (C=O) groups excluding carboxylic acids is 2. The summed E-state index contributed by atoms with van der Waals surface area (Å²) in [5.41, 5.74) is 1.27. The van der Waals surface area contributed by atoms with Crippen LogP contribution in [0.15, 0.2) is 30.3 Å². The predicted octanol–water partition coefficient (Wildman–Crippen LogP) is 2.50. The number of amides is 2. The summed E-state index contributed by atoms with van der Waals surface area (Å²) in [6.07, 6.45) is 5.55.